The van der Waals surface area contributed by atoms with Gasteiger partial charge >= 0.3 is 0 Å². The van der Waals surface area contributed by atoms with E-state index >= 15 is 0 Å². The van der Waals surface area contributed by atoms with Crippen LogP contribution in [0.3, 0.4) is 0 Å². The van der Waals surface area contributed by atoms with Gasteiger partial charge in [-0.25, -0.2) is 0 Å². The molecule has 0 spiro atoms. The van der Waals surface area contributed by atoms with Crippen LogP contribution in [0.2, 0.25) is 0 Å². The van der Waals surface area contributed by atoms with Gasteiger partial charge < -0.3 is 10.4 Å². The monoisotopic (exact) mass is 342 g/mol. The lowest BCUT2D eigenvalue weighted by Crippen LogP contribution is -2.45. The molecule has 0 fully saturated rings. The molecule has 4 nitrogen and oxygen atoms in total. The van der Waals surface area contributed by atoms with Crippen molar-refractivity contribution in [2.45, 2.75) is 32.4 Å². The van der Waals surface area contributed by atoms with Crippen molar-refractivity contribution < 1.29 is 9.90 Å². The topological polar surface area (TPSA) is 52.6 Å². The molecule has 112 valence electrons. The van der Waals surface area contributed by atoms with Crippen LogP contribution in [-0.4, -0.2) is 41.6 Å². The van der Waals surface area contributed by atoms with E-state index < -0.39 is 6.10 Å². The predicted octanol–water partition coefficient (Wildman–Crippen LogP) is 2.33. The van der Waals surface area contributed by atoms with Crippen molar-refractivity contribution in [1.29, 1.82) is 0 Å². The van der Waals surface area contributed by atoms with Gasteiger partial charge in [0.15, 0.2) is 0 Å². The number of aliphatic hydroxyl groups is 1. The third-order valence-electron chi connectivity index (χ3n) is 2.65. The number of aliphatic hydroxyl groups excluding tert-OH is 1. The number of nitrogens with zero attached hydrogens (tertiary/aromatic N) is 1. The van der Waals surface area contributed by atoms with Crippen LogP contribution >= 0.6 is 15.9 Å². The summed E-state index contributed by atoms with van der Waals surface area (Å²) < 4.78 is 0.933. The predicted molar refractivity (Wildman–Crippen MR) is 84.5 cm³/mol. The molecule has 0 radical (unpaired) electrons. The normalized spacial score (nSPS) is 13.3. The molecule has 0 saturated heterocycles. The Morgan fingerprint density at radius 2 is 2.10 bits per heavy atom. The third-order valence-corrected chi connectivity index (χ3v) is 3.14. The van der Waals surface area contributed by atoms with Gasteiger partial charge in [-0.05, 0) is 45.5 Å². The average molecular weight is 343 g/mol. The molecule has 5 heteroatoms. The summed E-state index contributed by atoms with van der Waals surface area (Å²) in [6.07, 6.45) is -0.611. The first-order valence-corrected chi connectivity index (χ1v) is 7.40. The molecule has 0 aliphatic heterocycles. The number of carbonyl (C=O) groups is 1. The van der Waals surface area contributed by atoms with Gasteiger partial charge in [0.2, 0.25) is 5.91 Å². The van der Waals surface area contributed by atoms with E-state index in [1.54, 1.807) is 0 Å². The van der Waals surface area contributed by atoms with Gasteiger partial charge in [0.25, 0.3) is 0 Å². The molecule has 1 amide bonds. The zero-order chi connectivity index (χ0) is 15.3. The zero-order valence-corrected chi connectivity index (χ0v) is 14.1. The summed E-state index contributed by atoms with van der Waals surface area (Å²) in [5.41, 5.74) is 0.600. The highest BCUT2D eigenvalue weighted by Crippen LogP contribution is 2.18. The van der Waals surface area contributed by atoms with Crippen LogP contribution in [-0.2, 0) is 4.79 Å². The van der Waals surface area contributed by atoms with Crippen LogP contribution < -0.4 is 5.32 Å². The van der Waals surface area contributed by atoms with Crippen LogP contribution in [0.25, 0.3) is 0 Å². The first kappa shape index (κ1) is 17.1. The standard InChI is InChI=1S/C15H23BrN2O2/c1-15(2,3)17-14(20)10-18(4)9-13(19)11-6-5-7-12(16)8-11/h5-8,13,19H,9-10H2,1-4H3,(H,17,20). The van der Waals surface area contributed by atoms with Crippen LogP contribution in [0.4, 0.5) is 0 Å². The lowest BCUT2D eigenvalue weighted by molar-refractivity contribution is -0.123. The summed E-state index contributed by atoms with van der Waals surface area (Å²) in [6.45, 7) is 6.51. The molecule has 0 aliphatic rings. The molecule has 2 N–H and O–H groups in total. The van der Waals surface area contributed by atoms with Gasteiger partial charge in [-0.1, -0.05) is 28.1 Å². The molecule has 20 heavy (non-hydrogen) atoms. The number of hydrogen-bond acceptors (Lipinski definition) is 3. The van der Waals surface area contributed by atoms with E-state index in [9.17, 15) is 9.90 Å². The van der Waals surface area contributed by atoms with Gasteiger partial charge in [-0.15, -0.1) is 0 Å². The van der Waals surface area contributed by atoms with E-state index in [-0.39, 0.29) is 18.0 Å². The summed E-state index contributed by atoms with van der Waals surface area (Å²) in [7, 11) is 1.82. The van der Waals surface area contributed by atoms with Crippen molar-refractivity contribution in [1.82, 2.24) is 10.2 Å². The molecule has 0 heterocycles. The number of nitrogens with one attached hydrogen (secondary N) is 1. The Kier molecular flexibility index (Phi) is 6.17. The molecule has 1 aromatic rings. The minimum absolute atomic E-state index is 0.0403. The summed E-state index contributed by atoms with van der Waals surface area (Å²) in [4.78, 5) is 13.6. The Hall–Kier alpha value is -0.910. The van der Waals surface area contributed by atoms with E-state index in [1.807, 2.05) is 57.0 Å². The fourth-order valence-corrected chi connectivity index (χ4v) is 2.30. The lowest BCUT2D eigenvalue weighted by atomic mass is 10.1. The number of rotatable bonds is 5. The maximum Gasteiger partial charge on any atom is 0.234 e. The van der Waals surface area contributed by atoms with Crippen molar-refractivity contribution in [3.63, 3.8) is 0 Å². The van der Waals surface area contributed by atoms with Crippen LogP contribution in [0.1, 0.15) is 32.4 Å². The Balaban J connectivity index is 2.50. The zero-order valence-electron chi connectivity index (χ0n) is 12.5. The van der Waals surface area contributed by atoms with Crippen molar-refractivity contribution in [3.05, 3.63) is 34.3 Å². The number of benzene rings is 1. The van der Waals surface area contributed by atoms with E-state index in [2.05, 4.69) is 21.2 Å². The second-order valence-corrected chi connectivity index (χ2v) is 6.98. The molecule has 0 bridgehead atoms. The Bertz CT molecular complexity index is 457. The van der Waals surface area contributed by atoms with E-state index in [4.69, 9.17) is 0 Å². The Morgan fingerprint density at radius 3 is 2.65 bits per heavy atom. The first-order valence-electron chi connectivity index (χ1n) is 6.60. The SMILES string of the molecule is CN(CC(=O)NC(C)(C)C)CC(O)c1cccc(Br)c1. The fourth-order valence-electron chi connectivity index (χ4n) is 1.88. The smallest absolute Gasteiger partial charge is 0.234 e. The van der Waals surface area contributed by atoms with E-state index in [0.717, 1.165) is 10.0 Å². The molecular formula is C15H23BrN2O2. The minimum atomic E-state index is -0.611. The molecule has 1 unspecified atom stereocenters. The van der Waals surface area contributed by atoms with Gasteiger partial charge in [0.1, 0.15) is 0 Å². The highest BCUT2D eigenvalue weighted by molar-refractivity contribution is 9.10. The number of likely N-dealkylation sites (N-methyl/N-ethyl adjacent to an activating group) is 1. The molecule has 0 aromatic heterocycles. The second-order valence-electron chi connectivity index (χ2n) is 6.07. The first-order chi connectivity index (χ1) is 9.17. The van der Waals surface area contributed by atoms with Crippen LogP contribution in [0.5, 0.6) is 0 Å². The van der Waals surface area contributed by atoms with Crippen LogP contribution in [0, 0.1) is 0 Å². The summed E-state index contributed by atoms with van der Waals surface area (Å²) in [5, 5.41) is 13.1. The Morgan fingerprint density at radius 1 is 1.45 bits per heavy atom. The quantitative estimate of drug-likeness (QED) is 0.863. The minimum Gasteiger partial charge on any atom is -0.387 e. The highest BCUT2D eigenvalue weighted by atomic mass is 79.9. The summed E-state index contributed by atoms with van der Waals surface area (Å²) in [6, 6.07) is 7.55. The lowest BCUT2D eigenvalue weighted by Gasteiger charge is -2.24. The summed E-state index contributed by atoms with van der Waals surface area (Å²) in [5.74, 6) is -0.0403. The second kappa shape index (κ2) is 7.20. The summed E-state index contributed by atoms with van der Waals surface area (Å²) >= 11 is 3.38. The average Bonchev–Trinajstić information content (AvgIpc) is 2.25. The van der Waals surface area contributed by atoms with Gasteiger partial charge in [-0.2, -0.15) is 0 Å². The fraction of sp³-hybridized carbons (Fsp3) is 0.533. The van der Waals surface area contributed by atoms with E-state index in [1.165, 1.54) is 0 Å². The number of hydrogen-bond donors (Lipinski definition) is 2. The number of carbonyl (C=O) groups excluding carboxylic acids is 1. The largest absolute Gasteiger partial charge is 0.387 e. The Labute approximate surface area is 129 Å². The van der Waals surface area contributed by atoms with Gasteiger partial charge in [-0.3, -0.25) is 9.69 Å². The van der Waals surface area contributed by atoms with Crippen molar-refractivity contribution in [3.8, 4) is 0 Å². The van der Waals surface area contributed by atoms with Crippen molar-refractivity contribution in [2.24, 2.45) is 0 Å². The highest BCUT2D eigenvalue weighted by Gasteiger charge is 2.17. The van der Waals surface area contributed by atoms with Crippen LogP contribution in [0.15, 0.2) is 28.7 Å². The van der Waals surface area contributed by atoms with Crippen molar-refractivity contribution in [2.75, 3.05) is 20.1 Å². The molecule has 1 aromatic carbocycles. The third kappa shape index (κ3) is 6.50. The molecule has 0 aliphatic carbocycles. The van der Waals surface area contributed by atoms with Gasteiger partial charge in [0.05, 0.1) is 12.6 Å². The maximum atomic E-state index is 11.8. The molecule has 1 rings (SSSR count). The van der Waals surface area contributed by atoms with E-state index in [0.29, 0.717) is 6.54 Å². The van der Waals surface area contributed by atoms with Crippen molar-refractivity contribution >= 4 is 21.8 Å². The molecule has 1 atom stereocenters. The van der Waals surface area contributed by atoms with Gasteiger partial charge in [0, 0.05) is 16.6 Å². The number of halogens is 1. The number of amides is 1. The molecular weight excluding hydrogens is 320 g/mol. The molecule has 0 saturated carbocycles. The maximum absolute atomic E-state index is 11.8.